The Hall–Kier alpha value is -2.09. The maximum Gasteiger partial charge on any atom is 0.395 e. The zero-order valence-electron chi connectivity index (χ0n) is 11.4. The molecule has 8 heteroatoms. The fourth-order valence-corrected chi connectivity index (χ4v) is 4.00. The van der Waals surface area contributed by atoms with Crippen molar-refractivity contribution in [2.75, 3.05) is 5.73 Å². The van der Waals surface area contributed by atoms with Crippen LogP contribution in [-0.2, 0) is 0 Å². The summed E-state index contributed by atoms with van der Waals surface area (Å²) in [5.74, 6) is -2.78. The lowest BCUT2D eigenvalue weighted by Crippen LogP contribution is -2.35. The van der Waals surface area contributed by atoms with Crippen LogP contribution in [0.4, 0.5) is 19.0 Å². The summed E-state index contributed by atoms with van der Waals surface area (Å²) in [6.07, 6.45) is -0.337. The molecule has 0 aromatic carbocycles. The Morgan fingerprint density at radius 2 is 2.05 bits per heavy atom. The molecule has 0 saturated heterocycles. The van der Waals surface area contributed by atoms with Gasteiger partial charge in [0.15, 0.2) is 0 Å². The molecule has 2 unspecified atom stereocenters. The first-order valence-corrected chi connectivity index (χ1v) is 7.29. The maximum absolute atomic E-state index is 13.1. The molecular formula is C14H12F3N3OS. The van der Waals surface area contributed by atoms with Gasteiger partial charge in [0.1, 0.15) is 5.82 Å². The third kappa shape index (κ3) is 2.14. The van der Waals surface area contributed by atoms with E-state index in [0.717, 1.165) is 11.3 Å². The Labute approximate surface area is 126 Å². The van der Waals surface area contributed by atoms with Gasteiger partial charge in [-0.15, -0.1) is 11.3 Å². The van der Waals surface area contributed by atoms with Gasteiger partial charge in [-0.1, -0.05) is 19.1 Å². The van der Waals surface area contributed by atoms with Gasteiger partial charge in [-0.25, -0.2) is 4.98 Å². The monoisotopic (exact) mass is 327 g/mol. The van der Waals surface area contributed by atoms with E-state index < -0.39 is 23.9 Å². The predicted octanol–water partition coefficient (Wildman–Crippen LogP) is 1.37. The molecule has 22 heavy (non-hydrogen) atoms. The zero-order chi connectivity index (χ0) is 16.2. The number of carbonyl (C=O) groups excluding carboxylic acids is 1. The second kappa shape index (κ2) is 4.70. The number of amides is 1. The summed E-state index contributed by atoms with van der Waals surface area (Å²) in [7, 11) is 0. The average molecular weight is 327 g/mol. The van der Waals surface area contributed by atoms with E-state index >= 15 is 0 Å². The summed E-state index contributed by atoms with van der Waals surface area (Å²) in [6, 6.07) is 0. The molecule has 0 fully saturated rings. The van der Waals surface area contributed by atoms with Gasteiger partial charge >= 0.3 is 6.18 Å². The van der Waals surface area contributed by atoms with E-state index in [4.69, 9.17) is 11.5 Å². The van der Waals surface area contributed by atoms with Crippen LogP contribution in [0.2, 0.25) is 0 Å². The average Bonchev–Trinajstić information content (AvgIpc) is 2.75. The third-order valence-electron chi connectivity index (χ3n) is 3.78. The molecule has 0 radical (unpaired) electrons. The molecule has 2 aromatic rings. The lowest BCUT2D eigenvalue weighted by Gasteiger charge is -2.22. The number of thiophene rings is 1. The summed E-state index contributed by atoms with van der Waals surface area (Å²) < 4.78 is 40.1. The normalized spacial score (nSPS) is 21.1. The van der Waals surface area contributed by atoms with Gasteiger partial charge in [0.2, 0.25) is 0 Å². The topological polar surface area (TPSA) is 82.0 Å². The second-order valence-electron chi connectivity index (χ2n) is 5.27. The number of pyridine rings is 1. The van der Waals surface area contributed by atoms with Crippen molar-refractivity contribution in [1.82, 2.24) is 4.98 Å². The summed E-state index contributed by atoms with van der Waals surface area (Å²) >= 11 is 1.08. The number of nitrogens with zero attached hydrogens (tertiary/aromatic N) is 1. The number of halogens is 3. The lowest BCUT2D eigenvalue weighted by molar-refractivity contribution is -0.163. The molecule has 0 aliphatic heterocycles. The molecule has 0 saturated carbocycles. The van der Waals surface area contributed by atoms with Crippen LogP contribution in [0.15, 0.2) is 6.20 Å². The number of carbonyl (C=O) groups is 1. The Morgan fingerprint density at radius 1 is 1.36 bits per heavy atom. The van der Waals surface area contributed by atoms with Gasteiger partial charge in [0, 0.05) is 21.3 Å². The molecule has 4 N–H and O–H groups in total. The molecule has 3 rings (SSSR count). The van der Waals surface area contributed by atoms with Crippen molar-refractivity contribution in [3.63, 3.8) is 0 Å². The minimum Gasteiger partial charge on any atom is -0.383 e. The van der Waals surface area contributed by atoms with Crippen LogP contribution >= 0.6 is 11.3 Å². The number of alkyl halides is 3. The first-order chi connectivity index (χ1) is 10.2. The standard InChI is InChI=1S/C14H12F3N3OS/c1-5-2-6-9(3-8(5)14(15,16)17)22-11-7(13(19)21)4-20-12(18)10(6)11/h2-5,8H,1H3,(H2,18,20)(H2,19,21). The molecule has 2 atom stereocenters. The highest BCUT2D eigenvalue weighted by Gasteiger charge is 2.42. The lowest BCUT2D eigenvalue weighted by atomic mass is 9.89. The number of rotatable bonds is 1. The zero-order valence-corrected chi connectivity index (χ0v) is 12.3. The van der Waals surface area contributed by atoms with Crippen LogP contribution in [0.3, 0.4) is 0 Å². The molecule has 2 heterocycles. The predicted molar refractivity (Wildman–Crippen MR) is 79.4 cm³/mol. The molecule has 4 nitrogen and oxygen atoms in total. The molecule has 1 amide bonds. The van der Waals surface area contributed by atoms with Crippen LogP contribution in [-0.4, -0.2) is 17.1 Å². The van der Waals surface area contributed by atoms with Crippen molar-refractivity contribution in [3.8, 4) is 0 Å². The number of primary amides is 1. The van der Waals surface area contributed by atoms with Gasteiger partial charge in [0.05, 0.1) is 16.2 Å². The van der Waals surface area contributed by atoms with Gasteiger partial charge in [-0.05, 0) is 5.92 Å². The first kappa shape index (κ1) is 14.8. The van der Waals surface area contributed by atoms with E-state index in [1.54, 1.807) is 0 Å². The highest BCUT2D eigenvalue weighted by Crippen LogP contribution is 2.36. The smallest absolute Gasteiger partial charge is 0.383 e. The van der Waals surface area contributed by atoms with Gasteiger partial charge in [-0.3, -0.25) is 4.79 Å². The van der Waals surface area contributed by atoms with E-state index in [-0.39, 0.29) is 11.4 Å². The Bertz CT molecular complexity index is 901. The first-order valence-electron chi connectivity index (χ1n) is 6.47. The number of anilines is 1. The second-order valence-corrected chi connectivity index (χ2v) is 6.32. The SMILES string of the molecule is CC1C=c2c(sc3c(C(N)=O)cnc(N)c23)=CC1C(F)(F)F. The third-order valence-corrected chi connectivity index (χ3v) is 4.98. The number of aromatic nitrogens is 1. The summed E-state index contributed by atoms with van der Waals surface area (Å²) in [5, 5.41) is 1.10. The molecule has 0 spiro atoms. The van der Waals surface area contributed by atoms with Crippen molar-refractivity contribution in [3.05, 3.63) is 21.5 Å². The number of hydrogen-bond acceptors (Lipinski definition) is 4. The van der Waals surface area contributed by atoms with Gasteiger partial charge < -0.3 is 11.5 Å². The van der Waals surface area contributed by atoms with Crippen molar-refractivity contribution < 1.29 is 18.0 Å². The van der Waals surface area contributed by atoms with E-state index in [0.29, 0.717) is 19.8 Å². The minimum atomic E-state index is -4.32. The van der Waals surface area contributed by atoms with Crippen molar-refractivity contribution >= 4 is 45.3 Å². The van der Waals surface area contributed by atoms with Crippen molar-refractivity contribution in [1.29, 1.82) is 0 Å². The molecular weight excluding hydrogens is 315 g/mol. The summed E-state index contributed by atoms with van der Waals surface area (Å²) in [6.45, 7) is 1.50. The van der Waals surface area contributed by atoms with Crippen LogP contribution in [0.1, 0.15) is 17.3 Å². The number of fused-ring (bicyclic) bond motifs is 3. The molecule has 0 bridgehead atoms. The van der Waals surface area contributed by atoms with E-state index in [2.05, 4.69) is 4.98 Å². The van der Waals surface area contributed by atoms with Gasteiger partial charge in [-0.2, -0.15) is 13.2 Å². The highest BCUT2D eigenvalue weighted by molar-refractivity contribution is 7.17. The van der Waals surface area contributed by atoms with Crippen LogP contribution in [0.25, 0.3) is 22.2 Å². The summed E-state index contributed by atoms with van der Waals surface area (Å²) in [4.78, 5) is 15.4. The van der Waals surface area contributed by atoms with Crippen LogP contribution in [0.5, 0.6) is 0 Å². The quantitative estimate of drug-likeness (QED) is 0.830. The number of nitrogens with two attached hydrogens (primary N) is 2. The van der Waals surface area contributed by atoms with E-state index in [1.165, 1.54) is 25.3 Å². The molecule has 2 aromatic heterocycles. The molecule has 1 aliphatic carbocycles. The number of hydrogen-bond donors (Lipinski definition) is 2. The highest BCUT2D eigenvalue weighted by atomic mass is 32.1. The Kier molecular flexibility index (Phi) is 3.17. The van der Waals surface area contributed by atoms with Crippen molar-refractivity contribution in [2.24, 2.45) is 17.6 Å². The van der Waals surface area contributed by atoms with E-state index in [1.807, 2.05) is 0 Å². The Morgan fingerprint density at radius 3 is 2.64 bits per heavy atom. The fraction of sp³-hybridized carbons (Fsp3) is 0.286. The molecule has 116 valence electrons. The fourth-order valence-electron chi connectivity index (χ4n) is 2.70. The van der Waals surface area contributed by atoms with Crippen LogP contribution < -0.4 is 21.2 Å². The van der Waals surface area contributed by atoms with Crippen LogP contribution in [0, 0.1) is 11.8 Å². The van der Waals surface area contributed by atoms with Gasteiger partial charge in [0.25, 0.3) is 5.91 Å². The van der Waals surface area contributed by atoms with E-state index in [9.17, 15) is 18.0 Å². The largest absolute Gasteiger partial charge is 0.395 e. The maximum atomic E-state index is 13.1. The molecule has 1 aliphatic rings. The summed E-state index contributed by atoms with van der Waals surface area (Å²) in [5.41, 5.74) is 11.3. The Balaban J connectivity index is 2.40. The minimum absolute atomic E-state index is 0.168. The number of nitrogen functional groups attached to an aromatic ring is 1. The van der Waals surface area contributed by atoms with Crippen molar-refractivity contribution in [2.45, 2.75) is 13.1 Å².